The van der Waals surface area contributed by atoms with E-state index in [1.807, 2.05) is 0 Å². The van der Waals surface area contributed by atoms with Gasteiger partial charge in [0.25, 0.3) is 5.91 Å². The minimum Gasteiger partial charge on any atom is -0.484 e. The van der Waals surface area contributed by atoms with Gasteiger partial charge in [0.1, 0.15) is 23.4 Å². The van der Waals surface area contributed by atoms with E-state index in [1.54, 1.807) is 31.8 Å². The van der Waals surface area contributed by atoms with E-state index in [1.165, 1.54) is 24.4 Å². The molecule has 0 bridgehead atoms. The fourth-order valence-electron chi connectivity index (χ4n) is 2.51. The average molecular weight is 424 g/mol. The van der Waals surface area contributed by atoms with Crippen molar-refractivity contribution in [3.05, 3.63) is 63.4 Å². The highest BCUT2D eigenvalue weighted by molar-refractivity contribution is 6.36. The van der Waals surface area contributed by atoms with Crippen LogP contribution in [0.1, 0.15) is 34.8 Å². The molecule has 1 atom stereocenters. The molecule has 3 rings (SSSR count). The first-order valence-electron chi connectivity index (χ1n) is 8.20. The van der Waals surface area contributed by atoms with Crippen molar-refractivity contribution in [1.29, 1.82) is 0 Å². The Bertz CT molecular complexity index is 1040. The lowest BCUT2D eigenvalue weighted by Gasteiger charge is -2.19. The minimum absolute atomic E-state index is 0.0492. The molecule has 1 amide bonds. The van der Waals surface area contributed by atoms with Crippen molar-refractivity contribution >= 4 is 34.8 Å². The third-order valence-electron chi connectivity index (χ3n) is 3.92. The molecule has 2 heterocycles. The summed E-state index contributed by atoms with van der Waals surface area (Å²) < 4.78 is 21.2. The van der Waals surface area contributed by atoms with Crippen LogP contribution in [0, 0.1) is 12.7 Å². The second kappa shape index (κ2) is 8.12. The van der Waals surface area contributed by atoms with Gasteiger partial charge in [-0.05, 0) is 26.0 Å². The number of aryl methyl sites for hydroxylation is 2. The molecule has 0 fully saturated rings. The van der Waals surface area contributed by atoms with E-state index in [-0.39, 0.29) is 15.7 Å². The Balaban J connectivity index is 1.84. The number of benzene rings is 1. The Morgan fingerprint density at radius 1 is 1.32 bits per heavy atom. The topological polar surface area (TPSA) is 81.9 Å². The Morgan fingerprint density at radius 2 is 2.07 bits per heavy atom. The minimum atomic E-state index is -0.687. The zero-order valence-corrected chi connectivity index (χ0v) is 16.7. The van der Waals surface area contributed by atoms with Gasteiger partial charge in [-0.3, -0.25) is 9.48 Å². The number of ether oxygens (including phenoxy) is 1. The average Bonchev–Trinajstić information content (AvgIpc) is 3.05. The monoisotopic (exact) mass is 423 g/mol. The van der Waals surface area contributed by atoms with Gasteiger partial charge in [0.05, 0.1) is 16.9 Å². The maximum absolute atomic E-state index is 13.8. The summed E-state index contributed by atoms with van der Waals surface area (Å²) in [6, 6.07) is 4.04. The van der Waals surface area contributed by atoms with Crippen LogP contribution in [0.15, 0.2) is 30.6 Å². The second-order valence-corrected chi connectivity index (χ2v) is 6.84. The van der Waals surface area contributed by atoms with Crippen LogP contribution in [0.25, 0.3) is 0 Å². The number of aromatic nitrogens is 4. The molecule has 3 aromatic rings. The van der Waals surface area contributed by atoms with Crippen molar-refractivity contribution in [2.45, 2.75) is 20.0 Å². The smallest absolute Gasteiger partial charge is 0.276 e. The highest BCUT2D eigenvalue weighted by Crippen LogP contribution is 2.35. The summed E-state index contributed by atoms with van der Waals surface area (Å²) in [7, 11) is 1.73. The summed E-state index contributed by atoms with van der Waals surface area (Å²) >= 11 is 12.2. The molecule has 1 N–H and O–H groups in total. The first-order valence-corrected chi connectivity index (χ1v) is 8.96. The summed E-state index contributed by atoms with van der Waals surface area (Å²) in [5.41, 5.74) is 1.33. The van der Waals surface area contributed by atoms with E-state index in [4.69, 9.17) is 27.9 Å². The van der Waals surface area contributed by atoms with Gasteiger partial charge < -0.3 is 10.1 Å². The standard InChI is InChI=1S/C18H16Cl2FN5O2/c1-9-15(28-10(2)16-12(19)4-5-13(21)17(16)20)6-14(25-24-9)18(27)23-11-7-22-26(3)8-11/h4-8,10H,1-3H3,(H,23,27). The van der Waals surface area contributed by atoms with Gasteiger partial charge in [0, 0.05) is 29.9 Å². The number of carbonyl (C=O) groups excluding carboxylic acids is 1. The van der Waals surface area contributed by atoms with E-state index in [0.29, 0.717) is 22.7 Å². The highest BCUT2D eigenvalue weighted by atomic mass is 35.5. The second-order valence-electron chi connectivity index (χ2n) is 6.05. The first kappa shape index (κ1) is 20.0. The maximum atomic E-state index is 13.8. The van der Waals surface area contributed by atoms with Crippen molar-refractivity contribution < 1.29 is 13.9 Å². The van der Waals surface area contributed by atoms with E-state index < -0.39 is 17.8 Å². The fraction of sp³-hybridized carbons (Fsp3) is 0.222. The number of hydrogen-bond acceptors (Lipinski definition) is 5. The predicted octanol–water partition coefficient (Wildman–Crippen LogP) is 4.36. The van der Waals surface area contributed by atoms with Crippen molar-refractivity contribution in [2.24, 2.45) is 7.05 Å². The third-order valence-corrected chi connectivity index (χ3v) is 4.63. The number of nitrogens with zero attached hydrogens (tertiary/aromatic N) is 4. The lowest BCUT2D eigenvalue weighted by Crippen LogP contribution is -2.15. The predicted molar refractivity (Wildman–Crippen MR) is 103 cm³/mol. The Labute approximate surface area is 170 Å². The van der Waals surface area contributed by atoms with Crippen LogP contribution in [0.4, 0.5) is 10.1 Å². The van der Waals surface area contributed by atoms with Gasteiger partial charge in [0.15, 0.2) is 5.69 Å². The molecule has 0 radical (unpaired) electrons. The molecule has 10 heteroatoms. The Morgan fingerprint density at radius 3 is 2.75 bits per heavy atom. The van der Waals surface area contributed by atoms with E-state index >= 15 is 0 Å². The van der Waals surface area contributed by atoms with Gasteiger partial charge in [-0.2, -0.15) is 10.2 Å². The molecule has 0 saturated carbocycles. The number of hydrogen-bond donors (Lipinski definition) is 1. The molecule has 0 aliphatic heterocycles. The number of halogens is 3. The lowest BCUT2D eigenvalue weighted by atomic mass is 10.1. The van der Waals surface area contributed by atoms with Crippen molar-refractivity contribution in [3.8, 4) is 5.75 Å². The summed E-state index contributed by atoms with van der Waals surface area (Å²) in [5.74, 6) is -0.771. The summed E-state index contributed by atoms with van der Waals surface area (Å²) in [6.45, 7) is 3.34. The Hall–Kier alpha value is -2.71. The molecule has 0 aliphatic carbocycles. The molecule has 28 heavy (non-hydrogen) atoms. The maximum Gasteiger partial charge on any atom is 0.276 e. The van der Waals surface area contributed by atoms with E-state index in [9.17, 15) is 9.18 Å². The Kier molecular flexibility index (Phi) is 5.81. The summed E-state index contributed by atoms with van der Waals surface area (Å²) in [5, 5.41) is 14.6. The van der Waals surface area contributed by atoms with E-state index in [2.05, 4.69) is 20.6 Å². The molecule has 2 aromatic heterocycles. The van der Waals surface area contributed by atoms with Crippen LogP contribution < -0.4 is 10.1 Å². The fourth-order valence-corrected chi connectivity index (χ4v) is 3.19. The number of carbonyl (C=O) groups is 1. The molecule has 1 aromatic carbocycles. The quantitative estimate of drug-likeness (QED) is 0.616. The van der Waals surface area contributed by atoms with Crippen molar-refractivity contribution in [2.75, 3.05) is 5.32 Å². The van der Waals surface area contributed by atoms with Crippen LogP contribution in [-0.4, -0.2) is 25.9 Å². The zero-order chi connectivity index (χ0) is 20.4. The van der Waals surface area contributed by atoms with E-state index in [0.717, 1.165) is 0 Å². The van der Waals surface area contributed by atoms with Crippen molar-refractivity contribution in [3.63, 3.8) is 0 Å². The summed E-state index contributed by atoms with van der Waals surface area (Å²) in [6.07, 6.45) is 2.47. The van der Waals surface area contributed by atoms with Crippen molar-refractivity contribution in [1.82, 2.24) is 20.0 Å². The number of anilines is 1. The molecule has 7 nitrogen and oxygen atoms in total. The molecule has 146 valence electrons. The van der Waals surface area contributed by atoms with Gasteiger partial charge >= 0.3 is 0 Å². The SMILES string of the molecule is Cc1nnc(C(=O)Nc2cnn(C)c2)cc1OC(C)c1c(Cl)ccc(F)c1Cl. The van der Waals surface area contributed by atoms with Gasteiger partial charge in [0.2, 0.25) is 0 Å². The largest absolute Gasteiger partial charge is 0.484 e. The van der Waals surface area contributed by atoms with Gasteiger partial charge in [-0.25, -0.2) is 4.39 Å². The third kappa shape index (κ3) is 4.23. The van der Waals surface area contributed by atoms with Crippen LogP contribution >= 0.6 is 23.2 Å². The number of nitrogens with one attached hydrogen (secondary N) is 1. The van der Waals surface area contributed by atoms with Crippen LogP contribution in [0.3, 0.4) is 0 Å². The normalized spacial score (nSPS) is 11.9. The van der Waals surface area contributed by atoms with Gasteiger partial charge in [-0.15, -0.1) is 5.10 Å². The molecule has 0 spiro atoms. The molecular weight excluding hydrogens is 408 g/mol. The molecule has 0 aliphatic rings. The highest BCUT2D eigenvalue weighted by Gasteiger charge is 2.21. The number of amides is 1. The first-order chi connectivity index (χ1) is 13.3. The van der Waals surface area contributed by atoms with Crippen LogP contribution in [-0.2, 0) is 7.05 Å². The molecule has 0 saturated heterocycles. The van der Waals surface area contributed by atoms with Crippen LogP contribution in [0.2, 0.25) is 10.0 Å². The lowest BCUT2D eigenvalue weighted by molar-refractivity contribution is 0.102. The molecule has 1 unspecified atom stereocenters. The molecular formula is C18H16Cl2FN5O2. The van der Waals surface area contributed by atoms with Crippen LogP contribution in [0.5, 0.6) is 5.75 Å². The summed E-state index contributed by atoms with van der Waals surface area (Å²) in [4.78, 5) is 12.4. The number of rotatable bonds is 5. The van der Waals surface area contributed by atoms with Gasteiger partial charge in [-0.1, -0.05) is 23.2 Å². The zero-order valence-electron chi connectivity index (χ0n) is 15.2.